The molecule has 0 saturated carbocycles. The Balaban J connectivity index is 1.39. The Labute approximate surface area is 191 Å². The van der Waals surface area contributed by atoms with Crippen LogP contribution in [0.1, 0.15) is 13.8 Å². The Bertz CT molecular complexity index is 1200. The number of fused-ring (bicyclic) bond motifs is 3. The summed E-state index contributed by atoms with van der Waals surface area (Å²) in [5.41, 5.74) is 2.52. The third kappa shape index (κ3) is 4.18. The predicted octanol–water partition coefficient (Wildman–Crippen LogP) is 3.04. The molecule has 2 aromatic heterocycles. The lowest BCUT2D eigenvalue weighted by atomic mass is 9.92. The number of benzene rings is 1. The number of aliphatic imine (C=N–C) groups is 1. The van der Waals surface area contributed by atoms with Gasteiger partial charge in [-0.15, -0.1) is 0 Å². The second-order valence-corrected chi connectivity index (χ2v) is 9.69. The maximum absolute atomic E-state index is 13.3. The van der Waals surface area contributed by atoms with E-state index in [9.17, 15) is 4.79 Å². The number of amides is 1. The van der Waals surface area contributed by atoms with Gasteiger partial charge in [0.25, 0.3) is 0 Å². The Morgan fingerprint density at radius 2 is 2.25 bits per heavy atom. The molecule has 1 amide bonds. The van der Waals surface area contributed by atoms with Crippen molar-refractivity contribution >= 4 is 50.8 Å². The van der Waals surface area contributed by atoms with Crippen molar-refractivity contribution < 1.29 is 9.53 Å². The maximum Gasteiger partial charge on any atom is 0.244 e. The molecule has 1 saturated heterocycles. The van der Waals surface area contributed by atoms with Gasteiger partial charge in [-0.25, -0.2) is 0 Å². The number of carbonyl (C=O) groups excluding carboxylic acids is 1. The van der Waals surface area contributed by atoms with E-state index in [4.69, 9.17) is 21.3 Å². The number of carbonyl (C=O) groups is 1. The fourth-order valence-electron chi connectivity index (χ4n) is 4.26. The number of hydrogen-bond donors (Lipinski definition) is 3. The molecule has 32 heavy (non-hydrogen) atoms. The molecule has 0 spiro atoms. The Morgan fingerprint density at radius 3 is 3.06 bits per heavy atom. The van der Waals surface area contributed by atoms with Gasteiger partial charge in [0, 0.05) is 47.0 Å². The molecule has 8 nitrogen and oxygen atoms in total. The summed E-state index contributed by atoms with van der Waals surface area (Å²) in [7, 11) is 0. The van der Waals surface area contributed by atoms with E-state index in [1.165, 1.54) is 0 Å². The SMILES string of the molecule is CC1(C)CN=C(CN2CCOC[C@H]2C(=O)Nc2cc(Cl)cc3c2[nH]c2cnccc23)NC1. The molecule has 9 heteroatoms. The van der Waals surface area contributed by atoms with E-state index in [0.717, 1.165) is 40.7 Å². The van der Waals surface area contributed by atoms with Crippen LogP contribution in [-0.4, -0.2) is 72.0 Å². The second-order valence-electron chi connectivity index (χ2n) is 9.25. The van der Waals surface area contributed by atoms with E-state index in [2.05, 4.69) is 39.3 Å². The molecule has 1 atom stereocenters. The standard InChI is InChI=1S/C23H27ClN6O2/c1-23(2)12-26-20(27-13-23)10-30-5-6-32-11-19(30)22(31)29-17-8-14(24)7-16-15-3-4-25-9-18(15)28-21(16)17/h3-4,7-9,19,28H,5-6,10-13H2,1-2H3,(H,26,27)(H,29,31)/t19-/m0/s1. The van der Waals surface area contributed by atoms with Crippen LogP contribution < -0.4 is 10.6 Å². The lowest BCUT2D eigenvalue weighted by molar-refractivity contribution is -0.126. The quantitative estimate of drug-likeness (QED) is 0.563. The smallest absolute Gasteiger partial charge is 0.244 e. The Hall–Kier alpha value is -2.68. The zero-order chi connectivity index (χ0) is 22.3. The van der Waals surface area contributed by atoms with Crippen molar-refractivity contribution in [2.24, 2.45) is 10.4 Å². The van der Waals surface area contributed by atoms with Crippen LogP contribution in [0.25, 0.3) is 21.8 Å². The number of H-pyrrole nitrogens is 1. The van der Waals surface area contributed by atoms with Gasteiger partial charge >= 0.3 is 0 Å². The van der Waals surface area contributed by atoms with Gasteiger partial charge in [-0.05, 0) is 18.2 Å². The number of aromatic amines is 1. The van der Waals surface area contributed by atoms with Crippen LogP contribution in [0.4, 0.5) is 5.69 Å². The summed E-state index contributed by atoms with van der Waals surface area (Å²) in [5.74, 6) is 0.805. The third-order valence-corrected chi connectivity index (χ3v) is 6.31. The van der Waals surface area contributed by atoms with Crippen molar-refractivity contribution in [3.8, 4) is 0 Å². The van der Waals surface area contributed by atoms with Gasteiger partial charge in [0.05, 0.1) is 42.7 Å². The number of pyridine rings is 1. The van der Waals surface area contributed by atoms with E-state index < -0.39 is 6.04 Å². The number of amidine groups is 1. The molecule has 0 bridgehead atoms. The molecule has 3 N–H and O–H groups in total. The largest absolute Gasteiger partial charge is 0.378 e. The maximum atomic E-state index is 13.3. The number of anilines is 1. The molecule has 2 aliphatic heterocycles. The molecule has 4 heterocycles. The number of nitrogens with zero attached hydrogens (tertiary/aromatic N) is 3. The third-order valence-electron chi connectivity index (χ3n) is 6.10. The van der Waals surface area contributed by atoms with Gasteiger partial charge in [-0.2, -0.15) is 0 Å². The normalized spacial score (nSPS) is 21.3. The van der Waals surface area contributed by atoms with Crippen LogP contribution in [0.2, 0.25) is 5.02 Å². The fraction of sp³-hybridized carbons (Fsp3) is 0.435. The van der Waals surface area contributed by atoms with Crippen LogP contribution in [0, 0.1) is 5.41 Å². The molecular weight excluding hydrogens is 428 g/mol. The zero-order valence-corrected chi connectivity index (χ0v) is 19.0. The topological polar surface area (TPSA) is 94.6 Å². The molecule has 2 aliphatic rings. The predicted molar refractivity (Wildman–Crippen MR) is 128 cm³/mol. The Kier molecular flexibility index (Phi) is 5.53. The summed E-state index contributed by atoms with van der Waals surface area (Å²) >= 11 is 6.39. The summed E-state index contributed by atoms with van der Waals surface area (Å²) in [6.45, 7) is 8.25. The van der Waals surface area contributed by atoms with Crippen molar-refractivity contribution in [2.45, 2.75) is 19.9 Å². The summed E-state index contributed by atoms with van der Waals surface area (Å²) in [4.78, 5) is 27.7. The van der Waals surface area contributed by atoms with Crippen LogP contribution in [0.3, 0.4) is 0 Å². The lowest BCUT2D eigenvalue weighted by Crippen LogP contribution is -2.56. The monoisotopic (exact) mass is 454 g/mol. The average molecular weight is 455 g/mol. The number of nitrogens with one attached hydrogen (secondary N) is 3. The van der Waals surface area contributed by atoms with Crippen molar-refractivity contribution in [1.29, 1.82) is 0 Å². The summed E-state index contributed by atoms with van der Waals surface area (Å²) < 4.78 is 5.65. The minimum Gasteiger partial charge on any atom is -0.378 e. The minimum atomic E-state index is -0.414. The van der Waals surface area contributed by atoms with Gasteiger partial charge in [0.15, 0.2) is 0 Å². The first-order valence-corrected chi connectivity index (χ1v) is 11.2. The lowest BCUT2D eigenvalue weighted by Gasteiger charge is -2.36. The Morgan fingerprint density at radius 1 is 1.38 bits per heavy atom. The minimum absolute atomic E-state index is 0.123. The fourth-order valence-corrected chi connectivity index (χ4v) is 4.48. The molecule has 1 aromatic carbocycles. The van der Waals surface area contributed by atoms with Crippen LogP contribution in [-0.2, 0) is 9.53 Å². The number of halogens is 1. The number of ether oxygens (including phenoxy) is 1. The average Bonchev–Trinajstić information content (AvgIpc) is 3.14. The van der Waals surface area contributed by atoms with Crippen molar-refractivity contribution in [1.82, 2.24) is 20.2 Å². The van der Waals surface area contributed by atoms with E-state index >= 15 is 0 Å². The highest BCUT2D eigenvalue weighted by Crippen LogP contribution is 2.33. The number of morpholine rings is 1. The first-order chi connectivity index (χ1) is 15.4. The molecule has 5 rings (SSSR count). The van der Waals surface area contributed by atoms with Crippen LogP contribution in [0.15, 0.2) is 35.6 Å². The summed E-state index contributed by atoms with van der Waals surface area (Å²) in [6.07, 6.45) is 3.51. The summed E-state index contributed by atoms with van der Waals surface area (Å²) in [5, 5.41) is 9.02. The molecule has 0 aliphatic carbocycles. The van der Waals surface area contributed by atoms with Gasteiger partial charge in [-0.1, -0.05) is 25.4 Å². The number of aromatic nitrogens is 2. The van der Waals surface area contributed by atoms with Crippen LogP contribution in [0.5, 0.6) is 0 Å². The van der Waals surface area contributed by atoms with Crippen LogP contribution >= 0.6 is 11.6 Å². The highest BCUT2D eigenvalue weighted by atomic mass is 35.5. The molecule has 3 aromatic rings. The van der Waals surface area contributed by atoms with Crippen molar-refractivity contribution in [3.63, 3.8) is 0 Å². The van der Waals surface area contributed by atoms with E-state index in [-0.39, 0.29) is 11.3 Å². The van der Waals surface area contributed by atoms with Gasteiger partial charge in [-0.3, -0.25) is 19.7 Å². The highest BCUT2D eigenvalue weighted by molar-refractivity contribution is 6.33. The molecule has 1 fully saturated rings. The molecular formula is C23H27ClN6O2. The second kappa shape index (κ2) is 8.35. The van der Waals surface area contributed by atoms with E-state index in [1.807, 2.05) is 12.1 Å². The van der Waals surface area contributed by atoms with Crippen molar-refractivity contribution in [3.05, 3.63) is 35.6 Å². The number of hydrogen-bond acceptors (Lipinski definition) is 6. The van der Waals surface area contributed by atoms with Crippen molar-refractivity contribution in [2.75, 3.05) is 44.7 Å². The zero-order valence-electron chi connectivity index (χ0n) is 18.2. The summed E-state index contributed by atoms with van der Waals surface area (Å²) in [6, 6.07) is 5.19. The van der Waals surface area contributed by atoms with Gasteiger partial charge in [0.2, 0.25) is 5.91 Å². The highest BCUT2D eigenvalue weighted by Gasteiger charge is 2.32. The van der Waals surface area contributed by atoms with E-state index in [0.29, 0.717) is 37.0 Å². The first-order valence-electron chi connectivity index (χ1n) is 10.8. The molecule has 0 radical (unpaired) electrons. The molecule has 168 valence electrons. The molecule has 0 unspecified atom stereocenters. The van der Waals surface area contributed by atoms with Gasteiger partial charge < -0.3 is 20.4 Å². The van der Waals surface area contributed by atoms with E-state index in [1.54, 1.807) is 18.5 Å². The van der Waals surface area contributed by atoms with Gasteiger partial charge in [0.1, 0.15) is 11.9 Å². The number of rotatable bonds is 4. The first kappa shape index (κ1) is 21.2.